The fourth-order valence-electron chi connectivity index (χ4n) is 1.60. The fraction of sp³-hybridized carbons (Fsp3) is 0.500. The third kappa shape index (κ3) is 4.47. The van der Waals surface area contributed by atoms with E-state index in [2.05, 4.69) is 5.32 Å². The minimum absolute atomic E-state index is 0.161. The van der Waals surface area contributed by atoms with E-state index in [1.807, 2.05) is 25.1 Å². The quantitative estimate of drug-likeness (QED) is 0.805. The number of carbonyl (C=O) groups is 1. The number of carbonyl (C=O) groups excluding carboxylic acids is 1. The highest BCUT2D eigenvalue weighted by molar-refractivity contribution is 5.95. The van der Waals surface area contributed by atoms with Gasteiger partial charge in [-0.1, -0.05) is 18.2 Å². The van der Waals surface area contributed by atoms with Crippen LogP contribution in [0.5, 0.6) is 0 Å². The standard InChI is InChI=1S/C14H21NO3/c1-11-6-4-5-7-12(11)13(16)15-10-14(2,17)8-9-18-3/h4-7,17H,8-10H2,1-3H3,(H,15,16). The first kappa shape index (κ1) is 14.7. The zero-order chi connectivity index (χ0) is 13.6. The van der Waals surface area contributed by atoms with Crippen LogP contribution in [0.1, 0.15) is 29.3 Å². The summed E-state index contributed by atoms with van der Waals surface area (Å²) in [6.45, 7) is 4.25. The van der Waals surface area contributed by atoms with Crippen LogP contribution < -0.4 is 5.32 Å². The summed E-state index contributed by atoms with van der Waals surface area (Å²) in [5.41, 5.74) is 0.612. The Morgan fingerprint density at radius 3 is 2.72 bits per heavy atom. The minimum atomic E-state index is -0.950. The molecule has 0 aliphatic rings. The number of aryl methyl sites for hydroxylation is 1. The summed E-state index contributed by atoms with van der Waals surface area (Å²) in [5.74, 6) is -0.161. The van der Waals surface area contributed by atoms with Crippen molar-refractivity contribution in [1.82, 2.24) is 5.32 Å². The molecule has 4 heteroatoms. The molecule has 1 aromatic rings. The summed E-state index contributed by atoms with van der Waals surface area (Å²) in [5, 5.41) is 12.8. The van der Waals surface area contributed by atoms with Crippen molar-refractivity contribution in [2.45, 2.75) is 25.9 Å². The van der Waals surface area contributed by atoms with Crippen LogP contribution in [0.3, 0.4) is 0 Å². The van der Waals surface area contributed by atoms with E-state index in [1.165, 1.54) is 0 Å². The topological polar surface area (TPSA) is 58.6 Å². The molecule has 0 fully saturated rings. The van der Waals surface area contributed by atoms with E-state index in [4.69, 9.17) is 4.74 Å². The van der Waals surface area contributed by atoms with E-state index in [-0.39, 0.29) is 12.5 Å². The lowest BCUT2D eigenvalue weighted by molar-refractivity contribution is 0.0243. The van der Waals surface area contributed by atoms with Gasteiger partial charge >= 0.3 is 0 Å². The SMILES string of the molecule is COCCC(C)(O)CNC(=O)c1ccccc1C. The van der Waals surface area contributed by atoms with Crippen molar-refractivity contribution in [1.29, 1.82) is 0 Å². The molecule has 18 heavy (non-hydrogen) atoms. The van der Waals surface area contributed by atoms with Gasteiger partial charge in [0.05, 0.1) is 5.60 Å². The van der Waals surface area contributed by atoms with E-state index in [9.17, 15) is 9.90 Å². The molecule has 1 aromatic carbocycles. The van der Waals surface area contributed by atoms with Crippen LogP contribution in [0.4, 0.5) is 0 Å². The van der Waals surface area contributed by atoms with Gasteiger partial charge in [-0.05, 0) is 25.5 Å². The minimum Gasteiger partial charge on any atom is -0.388 e. The lowest BCUT2D eigenvalue weighted by Gasteiger charge is -2.23. The monoisotopic (exact) mass is 251 g/mol. The number of nitrogens with one attached hydrogen (secondary N) is 1. The Morgan fingerprint density at radius 2 is 2.11 bits per heavy atom. The molecule has 0 radical (unpaired) electrons. The van der Waals surface area contributed by atoms with E-state index >= 15 is 0 Å². The van der Waals surface area contributed by atoms with Gasteiger partial charge < -0.3 is 15.2 Å². The Morgan fingerprint density at radius 1 is 1.44 bits per heavy atom. The smallest absolute Gasteiger partial charge is 0.251 e. The van der Waals surface area contributed by atoms with Crippen molar-refractivity contribution < 1.29 is 14.6 Å². The molecular formula is C14H21NO3. The molecule has 0 heterocycles. The third-order valence-corrected chi connectivity index (χ3v) is 2.86. The Balaban J connectivity index is 2.54. The maximum Gasteiger partial charge on any atom is 0.251 e. The summed E-state index contributed by atoms with van der Waals surface area (Å²) in [6, 6.07) is 7.37. The molecule has 0 bridgehead atoms. The van der Waals surface area contributed by atoms with E-state index < -0.39 is 5.60 Å². The van der Waals surface area contributed by atoms with Crippen molar-refractivity contribution in [2.75, 3.05) is 20.3 Å². The van der Waals surface area contributed by atoms with Gasteiger partial charge in [0.15, 0.2) is 0 Å². The average Bonchev–Trinajstić information content (AvgIpc) is 2.34. The second-order valence-electron chi connectivity index (χ2n) is 4.74. The van der Waals surface area contributed by atoms with Gasteiger partial charge in [0.1, 0.15) is 0 Å². The predicted octanol–water partition coefficient (Wildman–Crippen LogP) is 1.51. The number of amides is 1. The number of hydrogen-bond acceptors (Lipinski definition) is 3. The second-order valence-corrected chi connectivity index (χ2v) is 4.74. The number of ether oxygens (including phenoxy) is 1. The van der Waals surface area contributed by atoms with Crippen molar-refractivity contribution in [3.63, 3.8) is 0 Å². The number of methoxy groups -OCH3 is 1. The summed E-state index contributed by atoms with van der Waals surface area (Å²) in [7, 11) is 1.59. The summed E-state index contributed by atoms with van der Waals surface area (Å²) in [4.78, 5) is 11.9. The Bertz CT molecular complexity index is 402. The van der Waals surface area contributed by atoms with Gasteiger partial charge in [0.2, 0.25) is 0 Å². The normalized spacial score (nSPS) is 14.0. The van der Waals surface area contributed by atoms with E-state index in [0.29, 0.717) is 18.6 Å². The molecule has 2 N–H and O–H groups in total. The molecule has 0 saturated carbocycles. The van der Waals surface area contributed by atoms with Crippen molar-refractivity contribution in [2.24, 2.45) is 0 Å². The molecule has 0 saturated heterocycles. The maximum atomic E-state index is 11.9. The molecule has 0 aromatic heterocycles. The van der Waals surface area contributed by atoms with Gasteiger partial charge in [0.25, 0.3) is 5.91 Å². The zero-order valence-corrected chi connectivity index (χ0v) is 11.2. The summed E-state index contributed by atoms with van der Waals surface area (Å²) >= 11 is 0. The first-order valence-corrected chi connectivity index (χ1v) is 6.01. The number of benzene rings is 1. The van der Waals surface area contributed by atoms with Crippen LogP contribution in [-0.4, -0.2) is 36.9 Å². The van der Waals surface area contributed by atoms with Crippen molar-refractivity contribution in [3.05, 3.63) is 35.4 Å². The molecule has 0 aliphatic heterocycles. The lowest BCUT2D eigenvalue weighted by atomic mass is 10.0. The first-order chi connectivity index (χ1) is 8.46. The highest BCUT2D eigenvalue weighted by Gasteiger charge is 2.21. The first-order valence-electron chi connectivity index (χ1n) is 6.01. The van der Waals surface area contributed by atoms with Crippen LogP contribution in [0.2, 0.25) is 0 Å². The van der Waals surface area contributed by atoms with Gasteiger partial charge in [-0.15, -0.1) is 0 Å². The van der Waals surface area contributed by atoms with Crippen LogP contribution in [0, 0.1) is 6.92 Å². The van der Waals surface area contributed by atoms with E-state index in [1.54, 1.807) is 20.1 Å². The molecule has 1 atom stereocenters. The van der Waals surface area contributed by atoms with Crippen LogP contribution in [0.15, 0.2) is 24.3 Å². The highest BCUT2D eigenvalue weighted by Crippen LogP contribution is 2.10. The van der Waals surface area contributed by atoms with Crippen LogP contribution in [0.25, 0.3) is 0 Å². The molecule has 100 valence electrons. The van der Waals surface area contributed by atoms with Crippen LogP contribution >= 0.6 is 0 Å². The fourth-order valence-corrected chi connectivity index (χ4v) is 1.60. The Kier molecular flexibility index (Phi) is 5.31. The maximum absolute atomic E-state index is 11.9. The van der Waals surface area contributed by atoms with Gasteiger partial charge in [-0.2, -0.15) is 0 Å². The zero-order valence-electron chi connectivity index (χ0n) is 11.2. The largest absolute Gasteiger partial charge is 0.388 e. The Hall–Kier alpha value is -1.39. The third-order valence-electron chi connectivity index (χ3n) is 2.86. The van der Waals surface area contributed by atoms with Crippen LogP contribution in [-0.2, 0) is 4.74 Å². The predicted molar refractivity (Wildman–Crippen MR) is 70.6 cm³/mol. The van der Waals surface area contributed by atoms with Gasteiger partial charge in [-0.25, -0.2) is 0 Å². The molecule has 1 amide bonds. The molecule has 1 unspecified atom stereocenters. The van der Waals surface area contributed by atoms with E-state index in [0.717, 1.165) is 5.56 Å². The van der Waals surface area contributed by atoms with Gasteiger partial charge in [0, 0.05) is 32.2 Å². The molecular weight excluding hydrogens is 230 g/mol. The number of hydrogen-bond donors (Lipinski definition) is 2. The highest BCUT2D eigenvalue weighted by atomic mass is 16.5. The molecule has 0 spiro atoms. The van der Waals surface area contributed by atoms with Crippen molar-refractivity contribution in [3.8, 4) is 0 Å². The average molecular weight is 251 g/mol. The Labute approximate surface area is 108 Å². The lowest BCUT2D eigenvalue weighted by Crippen LogP contribution is -2.41. The number of rotatable bonds is 6. The second kappa shape index (κ2) is 6.52. The number of aliphatic hydroxyl groups is 1. The summed E-state index contributed by atoms with van der Waals surface area (Å²) in [6.07, 6.45) is 0.484. The molecule has 1 rings (SSSR count). The molecule has 4 nitrogen and oxygen atoms in total. The van der Waals surface area contributed by atoms with Gasteiger partial charge in [-0.3, -0.25) is 4.79 Å². The molecule has 0 aliphatic carbocycles. The van der Waals surface area contributed by atoms with Crippen molar-refractivity contribution >= 4 is 5.91 Å². The summed E-state index contributed by atoms with van der Waals surface area (Å²) < 4.78 is 4.92.